The molecule has 0 radical (unpaired) electrons. The summed E-state index contributed by atoms with van der Waals surface area (Å²) in [6.07, 6.45) is 2.45. The largest absolute Gasteiger partial charge is 0.291 e. The van der Waals surface area contributed by atoms with Crippen molar-refractivity contribution >= 4 is 27.1 Å². The summed E-state index contributed by atoms with van der Waals surface area (Å²) in [4.78, 5) is 4.58. The van der Waals surface area contributed by atoms with Gasteiger partial charge in [-0.1, -0.05) is 35.9 Å². The second kappa shape index (κ2) is 5.06. The van der Waals surface area contributed by atoms with Gasteiger partial charge in [-0.3, -0.25) is 4.99 Å². The Balaban J connectivity index is 2.06. The molecule has 0 spiro atoms. The Morgan fingerprint density at radius 3 is 2.57 bits per heavy atom. The molecule has 4 rings (SSSR count). The molecule has 0 saturated carbocycles. The summed E-state index contributed by atoms with van der Waals surface area (Å²) < 4.78 is 27.8. The lowest BCUT2D eigenvalue weighted by Gasteiger charge is -2.12. The number of para-hydroxylation sites is 1. The lowest BCUT2D eigenvalue weighted by molar-refractivity contribution is 0.588. The maximum atomic E-state index is 13.2. The molecule has 0 atom stereocenters. The van der Waals surface area contributed by atoms with E-state index in [1.165, 1.54) is 3.97 Å². The van der Waals surface area contributed by atoms with Crippen LogP contribution in [0.25, 0.3) is 10.9 Å². The highest BCUT2D eigenvalue weighted by atomic mass is 32.2. The number of nitrogens with zero attached hydrogens (tertiary/aromatic N) is 2. The van der Waals surface area contributed by atoms with E-state index in [-0.39, 0.29) is 0 Å². The van der Waals surface area contributed by atoms with Crippen LogP contribution in [0, 0.1) is 6.92 Å². The van der Waals surface area contributed by atoms with Gasteiger partial charge in [0.1, 0.15) is 0 Å². The first-order chi connectivity index (χ1) is 11.1. The van der Waals surface area contributed by atoms with Crippen LogP contribution >= 0.6 is 0 Å². The number of benzene rings is 2. The molecule has 2 aromatic carbocycles. The van der Waals surface area contributed by atoms with Gasteiger partial charge in [0.2, 0.25) is 0 Å². The molecule has 4 nitrogen and oxygen atoms in total. The molecule has 1 aliphatic rings. The maximum Gasteiger partial charge on any atom is 0.268 e. The standard InChI is InChI=1S/C18H16N2O2S/c1-13-6-8-14(9-7-13)23(21,22)20-17-5-3-2-4-15(17)16-10-11-19-12-18(16)20/h2-9,12H,10-11H2,1H3. The predicted octanol–water partition coefficient (Wildman–Crippen LogP) is 3.16. The Kier molecular flexibility index (Phi) is 3.13. The topological polar surface area (TPSA) is 51.4 Å². The summed E-state index contributed by atoms with van der Waals surface area (Å²) in [5.41, 5.74) is 3.49. The van der Waals surface area contributed by atoms with Crippen LogP contribution in [0.15, 0.2) is 58.4 Å². The molecule has 0 fully saturated rings. The van der Waals surface area contributed by atoms with Crippen molar-refractivity contribution in [2.24, 2.45) is 4.99 Å². The van der Waals surface area contributed by atoms with Gasteiger partial charge in [0, 0.05) is 18.1 Å². The fourth-order valence-electron chi connectivity index (χ4n) is 3.09. The quantitative estimate of drug-likeness (QED) is 0.727. The molecule has 23 heavy (non-hydrogen) atoms. The highest BCUT2D eigenvalue weighted by Crippen LogP contribution is 2.31. The number of aliphatic imine (C=N–C) groups is 1. The molecule has 116 valence electrons. The van der Waals surface area contributed by atoms with Gasteiger partial charge >= 0.3 is 0 Å². The summed E-state index contributed by atoms with van der Waals surface area (Å²) in [7, 11) is -3.66. The van der Waals surface area contributed by atoms with Crippen LogP contribution in [0.5, 0.6) is 0 Å². The Bertz CT molecular complexity index is 1030. The Morgan fingerprint density at radius 2 is 1.78 bits per heavy atom. The highest BCUT2D eigenvalue weighted by molar-refractivity contribution is 7.90. The summed E-state index contributed by atoms with van der Waals surface area (Å²) in [5.74, 6) is 0. The molecule has 1 aromatic heterocycles. The fourth-order valence-corrected chi connectivity index (χ4v) is 4.62. The van der Waals surface area contributed by atoms with Gasteiger partial charge in [-0.05, 0) is 37.1 Å². The van der Waals surface area contributed by atoms with E-state index < -0.39 is 10.0 Å². The van der Waals surface area contributed by atoms with E-state index >= 15 is 0 Å². The second-order valence-corrected chi connectivity index (χ2v) is 7.54. The van der Waals surface area contributed by atoms with E-state index in [4.69, 9.17) is 0 Å². The van der Waals surface area contributed by atoms with Crippen molar-refractivity contribution in [3.8, 4) is 0 Å². The zero-order valence-corrected chi connectivity index (χ0v) is 13.5. The van der Waals surface area contributed by atoms with Crippen LogP contribution in [0.1, 0.15) is 16.8 Å². The van der Waals surface area contributed by atoms with Crippen molar-refractivity contribution < 1.29 is 8.42 Å². The van der Waals surface area contributed by atoms with Crippen molar-refractivity contribution in [2.75, 3.05) is 6.54 Å². The number of fused-ring (bicyclic) bond motifs is 3. The predicted molar refractivity (Wildman–Crippen MR) is 91.9 cm³/mol. The molecular formula is C18H16N2O2S. The third-order valence-electron chi connectivity index (χ3n) is 4.24. The van der Waals surface area contributed by atoms with E-state index in [1.54, 1.807) is 18.3 Å². The van der Waals surface area contributed by atoms with Crippen LogP contribution < -0.4 is 0 Å². The number of hydrogen-bond donors (Lipinski definition) is 0. The molecule has 3 aromatic rings. The molecule has 0 amide bonds. The zero-order valence-electron chi connectivity index (χ0n) is 12.7. The van der Waals surface area contributed by atoms with Crippen LogP contribution in [0.2, 0.25) is 0 Å². The zero-order chi connectivity index (χ0) is 16.0. The van der Waals surface area contributed by atoms with Crippen molar-refractivity contribution in [3.05, 3.63) is 65.4 Å². The molecule has 1 aliphatic heterocycles. The summed E-state index contributed by atoms with van der Waals surface area (Å²) in [6.45, 7) is 2.64. The normalized spacial score (nSPS) is 14.1. The Labute approximate surface area is 135 Å². The number of aryl methyl sites for hydroxylation is 1. The lowest BCUT2D eigenvalue weighted by Crippen LogP contribution is -2.17. The van der Waals surface area contributed by atoms with Crippen LogP contribution in [-0.2, 0) is 16.4 Å². The average molecular weight is 324 g/mol. The minimum absolute atomic E-state index is 0.297. The van der Waals surface area contributed by atoms with Gasteiger partial charge in [0.15, 0.2) is 0 Å². The van der Waals surface area contributed by atoms with Crippen LogP contribution in [0.3, 0.4) is 0 Å². The summed E-state index contributed by atoms with van der Waals surface area (Å²) in [6, 6.07) is 14.6. The molecular weight excluding hydrogens is 308 g/mol. The van der Waals surface area contributed by atoms with E-state index in [0.29, 0.717) is 22.7 Å². The molecule has 2 heterocycles. The van der Waals surface area contributed by atoms with Gasteiger partial charge in [-0.2, -0.15) is 0 Å². The first-order valence-electron chi connectivity index (χ1n) is 7.53. The number of aromatic nitrogens is 1. The number of hydrogen-bond acceptors (Lipinski definition) is 3. The lowest BCUT2D eigenvalue weighted by atomic mass is 10.1. The smallest absolute Gasteiger partial charge is 0.268 e. The Morgan fingerprint density at radius 1 is 1.04 bits per heavy atom. The summed E-state index contributed by atoms with van der Waals surface area (Å²) >= 11 is 0. The maximum absolute atomic E-state index is 13.2. The van der Waals surface area contributed by atoms with Crippen molar-refractivity contribution in [1.29, 1.82) is 0 Å². The molecule has 0 bridgehead atoms. The molecule has 0 aliphatic carbocycles. The Hall–Kier alpha value is -2.40. The molecule has 0 unspecified atom stereocenters. The highest BCUT2D eigenvalue weighted by Gasteiger charge is 2.26. The fraction of sp³-hybridized carbons (Fsp3) is 0.167. The molecule has 5 heteroatoms. The van der Waals surface area contributed by atoms with Crippen LogP contribution in [-0.4, -0.2) is 25.1 Å². The number of rotatable bonds is 2. The first-order valence-corrected chi connectivity index (χ1v) is 8.97. The van der Waals surface area contributed by atoms with Gasteiger partial charge in [0.25, 0.3) is 10.0 Å². The minimum atomic E-state index is -3.66. The third-order valence-corrected chi connectivity index (χ3v) is 5.98. The van der Waals surface area contributed by atoms with Gasteiger partial charge < -0.3 is 0 Å². The van der Waals surface area contributed by atoms with E-state index in [9.17, 15) is 8.42 Å². The average Bonchev–Trinajstić information content (AvgIpc) is 2.90. The third kappa shape index (κ3) is 2.11. The SMILES string of the molecule is Cc1ccc(S(=O)(=O)n2c3c(c4ccccc42)CCN=C3)cc1. The van der Waals surface area contributed by atoms with Crippen molar-refractivity contribution in [3.63, 3.8) is 0 Å². The van der Waals surface area contributed by atoms with E-state index in [1.807, 2.05) is 43.3 Å². The second-order valence-electron chi connectivity index (χ2n) is 5.75. The minimum Gasteiger partial charge on any atom is -0.291 e. The monoisotopic (exact) mass is 324 g/mol. The van der Waals surface area contributed by atoms with Gasteiger partial charge in [-0.25, -0.2) is 12.4 Å². The van der Waals surface area contributed by atoms with Crippen molar-refractivity contribution in [2.45, 2.75) is 18.2 Å². The van der Waals surface area contributed by atoms with Gasteiger partial charge in [0.05, 0.1) is 16.1 Å². The van der Waals surface area contributed by atoms with E-state index in [2.05, 4.69) is 4.99 Å². The molecule has 0 N–H and O–H groups in total. The van der Waals surface area contributed by atoms with Gasteiger partial charge in [-0.15, -0.1) is 0 Å². The van der Waals surface area contributed by atoms with Crippen LogP contribution in [0.4, 0.5) is 0 Å². The summed E-state index contributed by atoms with van der Waals surface area (Å²) in [5, 5.41) is 0.990. The van der Waals surface area contributed by atoms with Crippen molar-refractivity contribution in [1.82, 2.24) is 3.97 Å². The van der Waals surface area contributed by atoms with E-state index in [0.717, 1.165) is 22.9 Å². The first kappa shape index (κ1) is 14.2. The molecule has 0 saturated heterocycles.